The Labute approximate surface area is 125 Å². The van der Waals surface area contributed by atoms with E-state index in [2.05, 4.69) is 17.6 Å². The van der Waals surface area contributed by atoms with Crippen LogP contribution in [0.15, 0.2) is 0 Å². The van der Waals surface area contributed by atoms with Crippen molar-refractivity contribution in [2.45, 2.75) is 44.7 Å². The van der Waals surface area contributed by atoms with Crippen molar-refractivity contribution in [1.29, 1.82) is 0 Å². The maximum absolute atomic E-state index is 12.1. The number of carboxylic acids is 1. The van der Waals surface area contributed by atoms with Gasteiger partial charge in [-0.1, -0.05) is 13.3 Å². The first-order chi connectivity index (χ1) is 9.73. The molecule has 1 amide bonds. The lowest BCUT2D eigenvalue weighted by atomic mass is 9.90. The van der Waals surface area contributed by atoms with E-state index in [0.717, 1.165) is 25.6 Å². The Morgan fingerprint density at radius 1 is 1.43 bits per heavy atom. The third kappa shape index (κ3) is 6.43. The van der Waals surface area contributed by atoms with Crippen LogP contribution < -0.4 is 10.6 Å². The first kappa shape index (κ1) is 17.9. The van der Waals surface area contributed by atoms with Gasteiger partial charge >= 0.3 is 5.97 Å². The van der Waals surface area contributed by atoms with Crippen molar-refractivity contribution in [2.75, 3.05) is 18.6 Å². The minimum Gasteiger partial charge on any atom is -0.480 e. The van der Waals surface area contributed by atoms with Gasteiger partial charge in [0.1, 0.15) is 15.9 Å². The third-order valence-electron chi connectivity index (χ3n) is 3.80. The van der Waals surface area contributed by atoms with Gasteiger partial charge in [0.05, 0.1) is 11.8 Å². The first-order valence-corrected chi connectivity index (χ1v) is 9.23. The van der Waals surface area contributed by atoms with Gasteiger partial charge in [0.15, 0.2) is 0 Å². The second kappa shape index (κ2) is 7.74. The molecular formula is C13H24N2O5S. The fourth-order valence-corrected chi connectivity index (χ4v) is 3.09. The van der Waals surface area contributed by atoms with E-state index in [9.17, 15) is 18.0 Å². The molecule has 0 aliphatic carbocycles. The molecule has 1 aliphatic heterocycles. The van der Waals surface area contributed by atoms with Gasteiger partial charge in [-0.05, 0) is 31.7 Å². The Kier molecular flexibility index (Phi) is 6.60. The number of amides is 1. The molecular weight excluding hydrogens is 296 g/mol. The van der Waals surface area contributed by atoms with E-state index in [-0.39, 0.29) is 18.1 Å². The Morgan fingerprint density at radius 3 is 2.62 bits per heavy atom. The van der Waals surface area contributed by atoms with Gasteiger partial charge in [-0.2, -0.15) is 0 Å². The van der Waals surface area contributed by atoms with Crippen molar-refractivity contribution in [3.8, 4) is 0 Å². The van der Waals surface area contributed by atoms with Crippen molar-refractivity contribution in [3.63, 3.8) is 0 Å². The van der Waals surface area contributed by atoms with Crippen molar-refractivity contribution >= 4 is 21.7 Å². The van der Waals surface area contributed by atoms with E-state index < -0.39 is 27.9 Å². The van der Waals surface area contributed by atoms with Crippen LogP contribution in [-0.2, 0) is 19.4 Å². The van der Waals surface area contributed by atoms with Gasteiger partial charge < -0.3 is 15.7 Å². The van der Waals surface area contributed by atoms with Crippen LogP contribution in [0.1, 0.15) is 32.6 Å². The fourth-order valence-electron chi connectivity index (χ4n) is 2.43. The lowest BCUT2D eigenvalue weighted by molar-refractivity contribution is -0.142. The molecule has 8 heteroatoms. The minimum absolute atomic E-state index is 0.121. The Hall–Kier alpha value is -1.15. The summed E-state index contributed by atoms with van der Waals surface area (Å²) in [5, 5.41) is 14.6. The summed E-state index contributed by atoms with van der Waals surface area (Å²) in [5.74, 6) is -1.38. The number of hydrogen-bond donors (Lipinski definition) is 3. The molecule has 1 fully saturated rings. The molecule has 3 atom stereocenters. The van der Waals surface area contributed by atoms with Crippen LogP contribution in [0.4, 0.5) is 0 Å². The third-order valence-corrected chi connectivity index (χ3v) is 4.78. The number of carbonyl (C=O) groups is 2. The van der Waals surface area contributed by atoms with Gasteiger partial charge in [-0.15, -0.1) is 0 Å². The zero-order valence-corrected chi connectivity index (χ0v) is 13.3. The van der Waals surface area contributed by atoms with Gasteiger partial charge in [-0.3, -0.25) is 4.79 Å². The maximum atomic E-state index is 12.1. The molecule has 0 aromatic heterocycles. The van der Waals surface area contributed by atoms with E-state index in [1.165, 1.54) is 0 Å². The molecule has 3 N–H and O–H groups in total. The minimum atomic E-state index is -3.26. The Balaban J connectivity index is 2.57. The predicted octanol–water partition coefficient (Wildman–Crippen LogP) is -0.231. The highest BCUT2D eigenvalue weighted by Gasteiger charge is 2.29. The summed E-state index contributed by atoms with van der Waals surface area (Å²) in [5.41, 5.74) is 0. The molecule has 1 saturated heterocycles. The van der Waals surface area contributed by atoms with Gasteiger partial charge in [0, 0.05) is 6.26 Å². The predicted molar refractivity (Wildman–Crippen MR) is 78.7 cm³/mol. The zero-order chi connectivity index (χ0) is 16.0. The SMILES string of the molecule is CCC1CCNC(C(=O)NC(CCS(C)(=O)=O)C(=O)O)C1. The molecule has 1 aliphatic rings. The number of hydrogen-bond acceptors (Lipinski definition) is 5. The highest BCUT2D eigenvalue weighted by molar-refractivity contribution is 7.90. The summed E-state index contributed by atoms with van der Waals surface area (Å²) in [7, 11) is -3.26. The summed E-state index contributed by atoms with van der Waals surface area (Å²) in [6.45, 7) is 2.80. The molecule has 1 rings (SSSR count). The summed E-state index contributed by atoms with van der Waals surface area (Å²) in [6.07, 6.45) is 3.60. The van der Waals surface area contributed by atoms with Crippen LogP contribution in [0, 0.1) is 5.92 Å². The molecule has 7 nitrogen and oxygen atoms in total. The molecule has 0 bridgehead atoms. The van der Waals surface area contributed by atoms with E-state index in [1.54, 1.807) is 0 Å². The highest BCUT2D eigenvalue weighted by Crippen LogP contribution is 2.19. The topological polar surface area (TPSA) is 113 Å². The number of rotatable bonds is 7. The second-order valence-corrected chi connectivity index (χ2v) is 7.88. The van der Waals surface area contributed by atoms with Gasteiger partial charge in [0.2, 0.25) is 5.91 Å². The van der Waals surface area contributed by atoms with E-state index in [1.807, 2.05) is 0 Å². The normalized spacial score (nSPS) is 24.3. The van der Waals surface area contributed by atoms with E-state index in [4.69, 9.17) is 5.11 Å². The van der Waals surface area contributed by atoms with E-state index >= 15 is 0 Å². The Morgan fingerprint density at radius 2 is 2.10 bits per heavy atom. The van der Waals surface area contributed by atoms with Crippen molar-refractivity contribution in [2.24, 2.45) is 5.92 Å². The molecule has 0 spiro atoms. The lowest BCUT2D eigenvalue weighted by Gasteiger charge is -2.29. The first-order valence-electron chi connectivity index (χ1n) is 7.17. The Bertz CT molecular complexity index is 477. The average molecular weight is 320 g/mol. The van der Waals surface area contributed by atoms with Crippen molar-refractivity contribution in [3.05, 3.63) is 0 Å². The summed E-state index contributed by atoms with van der Waals surface area (Å²) < 4.78 is 22.2. The van der Waals surface area contributed by atoms with E-state index in [0.29, 0.717) is 12.3 Å². The second-order valence-electron chi connectivity index (χ2n) is 5.62. The number of carbonyl (C=O) groups excluding carboxylic acids is 1. The number of carboxylic acid groups (broad SMARTS) is 1. The van der Waals surface area contributed by atoms with Crippen molar-refractivity contribution in [1.82, 2.24) is 10.6 Å². The molecule has 3 unspecified atom stereocenters. The van der Waals surface area contributed by atoms with Crippen LogP contribution in [0.3, 0.4) is 0 Å². The molecule has 0 aromatic rings. The van der Waals surface area contributed by atoms with Crippen molar-refractivity contribution < 1.29 is 23.1 Å². The molecule has 0 saturated carbocycles. The van der Waals surface area contributed by atoms with Gasteiger partial charge in [0.25, 0.3) is 0 Å². The number of sulfone groups is 1. The number of piperidine rings is 1. The highest BCUT2D eigenvalue weighted by atomic mass is 32.2. The smallest absolute Gasteiger partial charge is 0.326 e. The quantitative estimate of drug-likeness (QED) is 0.597. The van der Waals surface area contributed by atoms with Crippen LogP contribution in [-0.4, -0.2) is 56.0 Å². The lowest BCUT2D eigenvalue weighted by Crippen LogP contribution is -2.53. The summed E-state index contributed by atoms with van der Waals surface area (Å²) >= 11 is 0. The van der Waals surface area contributed by atoms with Crippen LogP contribution in [0.5, 0.6) is 0 Å². The summed E-state index contributed by atoms with van der Waals surface area (Å²) in [6, 6.07) is -1.57. The molecule has 122 valence electrons. The average Bonchev–Trinajstić information content (AvgIpc) is 2.41. The van der Waals surface area contributed by atoms with Crippen LogP contribution >= 0.6 is 0 Å². The standard InChI is InChI=1S/C13H24N2O5S/c1-3-9-4-6-14-11(8-9)12(16)15-10(13(17)18)5-7-21(2,19)20/h9-11,14H,3-8H2,1-2H3,(H,15,16)(H,17,18). The molecule has 1 heterocycles. The molecule has 0 aromatic carbocycles. The van der Waals surface area contributed by atoms with Crippen LogP contribution in [0.25, 0.3) is 0 Å². The molecule has 0 radical (unpaired) electrons. The summed E-state index contributed by atoms with van der Waals surface area (Å²) in [4.78, 5) is 23.2. The van der Waals surface area contributed by atoms with Crippen LogP contribution in [0.2, 0.25) is 0 Å². The number of nitrogens with one attached hydrogen (secondary N) is 2. The van der Waals surface area contributed by atoms with Gasteiger partial charge in [-0.25, -0.2) is 13.2 Å². The monoisotopic (exact) mass is 320 g/mol. The molecule has 21 heavy (non-hydrogen) atoms. The number of aliphatic carboxylic acids is 1. The largest absolute Gasteiger partial charge is 0.480 e. The fraction of sp³-hybridized carbons (Fsp3) is 0.846. The maximum Gasteiger partial charge on any atom is 0.326 e. The zero-order valence-electron chi connectivity index (χ0n) is 12.5.